The van der Waals surface area contributed by atoms with E-state index in [0.29, 0.717) is 17.2 Å². The van der Waals surface area contributed by atoms with Gasteiger partial charge in [-0.1, -0.05) is 6.07 Å². The molecule has 4 rings (SSSR count). The number of anilines is 2. The lowest BCUT2D eigenvalue weighted by Gasteiger charge is -2.08. The van der Waals surface area contributed by atoms with Crippen LogP contribution in [0.3, 0.4) is 0 Å². The summed E-state index contributed by atoms with van der Waals surface area (Å²) >= 11 is 0. The molecule has 0 saturated carbocycles. The SMILES string of the molecule is NS(=O)(=O)c1cccc(Nc2nccc(-n3ncc4cccnc43)n2)c1. The topological polar surface area (TPSA) is 129 Å². The Hall–Kier alpha value is -3.37. The highest BCUT2D eigenvalue weighted by molar-refractivity contribution is 7.89. The summed E-state index contributed by atoms with van der Waals surface area (Å²) in [5.74, 6) is 0.812. The molecular weight excluding hydrogens is 354 g/mol. The molecule has 0 aliphatic rings. The van der Waals surface area contributed by atoms with E-state index >= 15 is 0 Å². The Morgan fingerprint density at radius 1 is 1.04 bits per heavy atom. The quantitative estimate of drug-likeness (QED) is 0.560. The summed E-state index contributed by atoms with van der Waals surface area (Å²) in [4.78, 5) is 12.9. The van der Waals surface area contributed by atoms with Gasteiger partial charge in [0, 0.05) is 29.5 Å². The molecule has 0 atom stereocenters. The summed E-state index contributed by atoms with van der Waals surface area (Å²) in [5, 5.41) is 13.3. The largest absolute Gasteiger partial charge is 0.324 e. The van der Waals surface area contributed by atoms with Gasteiger partial charge < -0.3 is 5.32 Å². The maximum absolute atomic E-state index is 11.5. The highest BCUT2D eigenvalue weighted by Crippen LogP contribution is 2.19. The normalized spacial score (nSPS) is 11.6. The third-order valence-electron chi connectivity index (χ3n) is 3.61. The molecule has 3 N–H and O–H groups in total. The Morgan fingerprint density at radius 3 is 2.77 bits per heavy atom. The molecule has 0 fully saturated rings. The van der Waals surface area contributed by atoms with Crippen molar-refractivity contribution in [3.05, 3.63) is 61.1 Å². The molecule has 1 aromatic carbocycles. The number of sulfonamides is 1. The van der Waals surface area contributed by atoms with E-state index in [-0.39, 0.29) is 10.8 Å². The Labute approximate surface area is 148 Å². The second kappa shape index (κ2) is 6.17. The second-order valence-electron chi connectivity index (χ2n) is 5.41. The van der Waals surface area contributed by atoms with E-state index in [4.69, 9.17) is 5.14 Å². The first-order valence-electron chi connectivity index (χ1n) is 7.53. The van der Waals surface area contributed by atoms with Gasteiger partial charge in [0.2, 0.25) is 16.0 Å². The number of rotatable bonds is 4. The molecule has 0 radical (unpaired) electrons. The number of fused-ring (bicyclic) bond motifs is 1. The molecule has 0 saturated heterocycles. The van der Waals surface area contributed by atoms with Crippen LogP contribution in [0.1, 0.15) is 0 Å². The average molecular weight is 367 g/mol. The van der Waals surface area contributed by atoms with Gasteiger partial charge in [0.15, 0.2) is 11.5 Å². The van der Waals surface area contributed by atoms with Crippen LogP contribution >= 0.6 is 0 Å². The lowest BCUT2D eigenvalue weighted by atomic mass is 10.3. The van der Waals surface area contributed by atoms with Gasteiger partial charge >= 0.3 is 0 Å². The molecule has 26 heavy (non-hydrogen) atoms. The lowest BCUT2D eigenvalue weighted by molar-refractivity contribution is 0.598. The minimum Gasteiger partial charge on any atom is -0.324 e. The number of hydrogen-bond donors (Lipinski definition) is 2. The van der Waals surface area contributed by atoms with Gasteiger partial charge in [-0.25, -0.2) is 23.5 Å². The van der Waals surface area contributed by atoms with E-state index in [1.807, 2.05) is 12.1 Å². The van der Waals surface area contributed by atoms with Crippen LogP contribution in [-0.4, -0.2) is 33.2 Å². The summed E-state index contributed by atoms with van der Waals surface area (Å²) in [6.45, 7) is 0. The van der Waals surface area contributed by atoms with Gasteiger partial charge in [0.05, 0.1) is 11.1 Å². The predicted octanol–water partition coefficient (Wildman–Crippen LogP) is 1.60. The molecule has 4 aromatic rings. The molecule has 0 bridgehead atoms. The summed E-state index contributed by atoms with van der Waals surface area (Å²) in [6, 6.07) is 11.5. The Balaban J connectivity index is 1.69. The van der Waals surface area contributed by atoms with Crippen molar-refractivity contribution in [2.24, 2.45) is 5.14 Å². The molecule has 3 aromatic heterocycles. The number of primary sulfonamides is 1. The summed E-state index contributed by atoms with van der Waals surface area (Å²) in [7, 11) is -3.79. The van der Waals surface area contributed by atoms with E-state index in [1.165, 1.54) is 12.1 Å². The van der Waals surface area contributed by atoms with Crippen molar-refractivity contribution in [1.82, 2.24) is 24.7 Å². The fourth-order valence-corrected chi connectivity index (χ4v) is 3.00. The van der Waals surface area contributed by atoms with Gasteiger partial charge in [-0.2, -0.15) is 14.8 Å². The van der Waals surface area contributed by atoms with Crippen LogP contribution in [0.25, 0.3) is 16.9 Å². The molecule has 3 heterocycles. The number of nitrogens with two attached hydrogens (primary N) is 1. The van der Waals surface area contributed by atoms with Gasteiger partial charge in [-0.3, -0.25) is 0 Å². The summed E-state index contributed by atoms with van der Waals surface area (Å²) in [5.41, 5.74) is 1.17. The van der Waals surface area contributed by atoms with E-state index in [0.717, 1.165) is 5.39 Å². The van der Waals surface area contributed by atoms with Crippen LogP contribution in [0.5, 0.6) is 0 Å². The molecule has 0 unspecified atom stereocenters. The number of benzene rings is 1. The molecule has 10 heteroatoms. The van der Waals surface area contributed by atoms with Gasteiger partial charge in [0.25, 0.3) is 0 Å². The Morgan fingerprint density at radius 2 is 1.92 bits per heavy atom. The third kappa shape index (κ3) is 3.10. The van der Waals surface area contributed by atoms with Crippen molar-refractivity contribution < 1.29 is 8.42 Å². The number of pyridine rings is 1. The molecule has 0 spiro atoms. The number of hydrogen-bond acceptors (Lipinski definition) is 7. The van der Waals surface area contributed by atoms with Crippen molar-refractivity contribution in [3.8, 4) is 5.82 Å². The molecule has 0 aliphatic carbocycles. The molecule has 0 aliphatic heterocycles. The van der Waals surface area contributed by atoms with Crippen LogP contribution in [-0.2, 0) is 10.0 Å². The van der Waals surface area contributed by atoms with Crippen molar-refractivity contribution in [2.45, 2.75) is 4.90 Å². The van der Waals surface area contributed by atoms with Crippen LogP contribution in [0.15, 0.2) is 66.0 Å². The second-order valence-corrected chi connectivity index (χ2v) is 6.97. The van der Waals surface area contributed by atoms with Crippen molar-refractivity contribution in [1.29, 1.82) is 0 Å². The fourth-order valence-electron chi connectivity index (χ4n) is 2.44. The zero-order valence-electron chi connectivity index (χ0n) is 13.3. The first-order valence-corrected chi connectivity index (χ1v) is 9.07. The summed E-state index contributed by atoms with van der Waals surface area (Å²) < 4.78 is 24.5. The maximum atomic E-state index is 11.5. The monoisotopic (exact) mass is 367 g/mol. The Kier molecular flexibility index (Phi) is 3.82. The molecular formula is C16H13N7O2S. The minimum absolute atomic E-state index is 0.000856. The standard InChI is InChI=1S/C16H13N7O2S/c17-26(24,25)13-5-1-4-12(9-13)21-16-19-8-6-14(22-16)23-15-11(10-20-23)3-2-7-18-15/h1-10H,(H2,17,24,25)(H,19,21,22). The molecule has 0 amide bonds. The highest BCUT2D eigenvalue weighted by Gasteiger charge is 2.10. The molecule has 130 valence electrons. The number of nitrogens with one attached hydrogen (secondary N) is 1. The highest BCUT2D eigenvalue weighted by atomic mass is 32.2. The fraction of sp³-hybridized carbons (Fsp3) is 0. The average Bonchev–Trinajstić information content (AvgIpc) is 3.06. The van der Waals surface area contributed by atoms with Crippen molar-refractivity contribution in [2.75, 3.05) is 5.32 Å². The van der Waals surface area contributed by atoms with E-state index in [2.05, 4.69) is 25.4 Å². The van der Waals surface area contributed by atoms with Crippen molar-refractivity contribution >= 4 is 32.7 Å². The van der Waals surface area contributed by atoms with Crippen LogP contribution in [0.2, 0.25) is 0 Å². The minimum atomic E-state index is -3.79. The van der Waals surface area contributed by atoms with Crippen molar-refractivity contribution in [3.63, 3.8) is 0 Å². The van der Waals surface area contributed by atoms with E-state index in [9.17, 15) is 8.42 Å². The van der Waals surface area contributed by atoms with E-state index in [1.54, 1.807) is 41.5 Å². The lowest BCUT2D eigenvalue weighted by Crippen LogP contribution is -2.12. The van der Waals surface area contributed by atoms with Crippen LogP contribution < -0.4 is 10.5 Å². The zero-order valence-corrected chi connectivity index (χ0v) is 14.1. The van der Waals surface area contributed by atoms with E-state index < -0.39 is 10.0 Å². The third-order valence-corrected chi connectivity index (χ3v) is 4.52. The number of nitrogens with zero attached hydrogens (tertiary/aromatic N) is 5. The van der Waals surface area contributed by atoms with Crippen LogP contribution in [0.4, 0.5) is 11.6 Å². The number of aromatic nitrogens is 5. The zero-order chi connectivity index (χ0) is 18.1. The predicted molar refractivity (Wildman–Crippen MR) is 95.6 cm³/mol. The van der Waals surface area contributed by atoms with Gasteiger partial charge in [0.1, 0.15) is 0 Å². The first-order chi connectivity index (χ1) is 12.5. The maximum Gasteiger partial charge on any atom is 0.238 e. The smallest absolute Gasteiger partial charge is 0.238 e. The van der Waals surface area contributed by atoms with Gasteiger partial charge in [-0.05, 0) is 30.3 Å². The first kappa shape index (κ1) is 16.1. The Bertz CT molecular complexity index is 1200. The molecule has 9 nitrogen and oxygen atoms in total. The van der Waals surface area contributed by atoms with Gasteiger partial charge in [-0.15, -0.1) is 0 Å². The summed E-state index contributed by atoms with van der Waals surface area (Å²) in [6.07, 6.45) is 4.96. The van der Waals surface area contributed by atoms with Crippen LogP contribution in [0, 0.1) is 0 Å².